The number of piperidine rings is 1. The van der Waals surface area contributed by atoms with Gasteiger partial charge in [-0.2, -0.15) is 0 Å². The Kier molecular flexibility index (Phi) is 4.65. The normalized spacial score (nSPS) is 23.8. The Morgan fingerprint density at radius 2 is 2.20 bits per heavy atom. The summed E-state index contributed by atoms with van der Waals surface area (Å²) in [4.78, 5) is 42.6. The zero-order valence-corrected chi connectivity index (χ0v) is 14.9. The number of aromatic carboxylic acids is 1. The van der Waals surface area contributed by atoms with Crippen LogP contribution in [0.4, 0.5) is 9.93 Å². The number of hydrogen-bond acceptors (Lipinski definition) is 7. The second kappa shape index (κ2) is 6.60. The minimum atomic E-state index is -1.05. The van der Waals surface area contributed by atoms with Crippen LogP contribution in [-0.4, -0.2) is 76.7 Å². The molecule has 0 bridgehead atoms. The maximum Gasteiger partial charge on any atom is 0.410 e. The van der Waals surface area contributed by atoms with E-state index >= 15 is 0 Å². The summed E-state index contributed by atoms with van der Waals surface area (Å²) in [5, 5.41) is 12.0. The maximum atomic E-state index is 12.3. The highest BCUT2D eigenvalue weighted by Crippen LogP contribution is 2.31. The molecule has 9 nitrogen and oxygen atoms in total. The molecular formula is C15H20N4O5S. The fourth-order valence-corrected chi connectivity index (χ4v) is 4.16. The number of carbonyl (C=O) groups is 3. The van der Waals surface area contributed by atoms with Crippen molar-refractivity contribution >= 4 is 34.4 Å². The number of carbonyl (C=O) groups excluding carboxylic acids is 2. The van der Waals surface area contributed by atoms with Crippen LogP contribution in [0.5, 0.6) is 0 Å². The van der Waals surface area contributed by atoms with E-state index in [1.54, 1.807) is 18.9 Å². The minimum Gasteiger partial charge on any atom is -0.477 e. The molecule has 2 amide bonds. The predicted molar refractivity (Wildman–Crippen MR) is 90.0 cm³/mol. The first kappa shape index (κ1) is 17.6. The molecule has 3 heterocycles. The topological polar surface area (TPSA) is 112 Å². The number of amides is 2. The number of nitrogens with zero attached hydrogens (tertiary/aromatic N) is 3. The fourth-order valence-electron chi connectivity index (χ4n) is 3.34. The average molecular weight is 368 g/mol. The van der Waals surface area contributed by atoms with Crippen LogP contribution in [0.2, 0.25) is 0 Å². The second-order valence-corrected chi connectivity index (χ2v) is 7.51. The van der Waals surface area contributed by atoms with Crippen LogP contribution in [0.3, 0.4) is 0 Å². The number of nitrogens with one attached hydrogen (secondary N) is 1. The van der Waals surface area contributed by atoms with Gasteiger partial charge in [0.15, 0.2) is 5.13 Å². The zero-order chi connectivity index (χ0) is 18.2. The summed E-state index contributed by atoms with van der Waals surface area (Å²) in [5.41, 5.74) is -0.163. The van der Waals surface area contributed by atoms with Crippen molar-refractivity contribution in [1.82, 2.24) is 14.8 Å². The van der Waals surface area contributed by atoms with Crippen molar-refractivity contribution in [2.24, 2.45) is 0 Å². The number of rotatable bonds is 4. The number of aryl methyl sites for hydroxylation is 1. The van der Waals surface area contributed by atoms with E-state index in [9.17, 15) is 14.4 Å². The lowest BCUT2D eigenvalue weighted by Gasteiger charge is -2.37. The van der Waals surface area contributed by atoms with E-state index in [0.717, 1.165) is 30.7 Å². The van der Waals surface area contributed by atoms with Crippen molar-refractivity contribution in [3.8, 4) is 0 Å². The highest BCUT2D eigenvalue weighted by Gasteiger charge is 2.46. The van der Waals surface area contributed by atoms with E-state index in [-0.39, 0.29) is 28.6 Å². The quantitative estimate of drug-likeness (QED) is 0.815. The molecule has 2 saturated heterocycles. The van der Waals surface area contributed by atoms with E-state index < -0.39 is 11.6 Å². The van der Waals surface area contributed by atoms with Gasteiger partial charge in [-0.3, -0.25) is 9.69 Å². The third kappa shape index (κ3) is 3.74. The number of hydrogen-bond donors (Lipinski definition) is 2. The lowest BCUT2D eigenvalue weighted by atomic mass is 9.93. The highest BCUT2D eigenvalue weighted by atomic mass is 32.1. The van der Waals surface area contributed by atoms with E-state index in [2.05, 4.69) is 10.3 Å². The van der Waals surface area contributed by atoms with Crippen molar-refractivity contribution in [2.75, 3.05) is 38.5 Å². The van der Waals surface area contributed by atoms with Crippen LogP contribution in [0.1, 0.15) is 28.2 Å². The molecule has 0 aromatic carbocycles. The van der Waals surface area contributed by atoms with E-state index in [4.69, 9.17) is 9.84 Å². The SMILES string of the molecule is Cc1nc(NC(=O)CN2CCC[C@@]3(C2)CN(C)C(=O)O3)sc1C(=O)O. The van der Waals surface area contributed by atoms with E-state index in [0.29, 0.717) is 18.8 Å². The van der Waals surface area contributed by atoms with Crippen molar-refractivity contribution < 1.29 is 24.2 Å². The first-order valence-corrected chi connectivity index (χ1v) is 8.77. The minimum absolute atomic E-state index is 0.119. The van der Waals surface area contributed by atoms with Crippen LogP contribution < -0.4 is 5.32 Å². The average Bonchev–Trinajstić information content (AvgIpc) is 2.99. The molecule has 1 atom stereocenters. The molecule has 0 radical (unpaired) electrons. The number of carboxylic acids is 1. The summed E-state index contributed by atoms with van der Waals surface area (Å²) < 4.78 is 5.52. The Morgan fingerprint density at radius 3 is 2.80 bits per heavy atom. The first-order valence-electron chi connectivity index (χ1n) is 7.95. The van der Waals surface area contributed by atoms with Gasteiger partial charge in [0.05, 0.1) is 18.8 Å². The fraction of sp³-hybridized carbons (Fsp3) is 0.600. The predicted octanol–water partition coefficient (Wildman–Crippen LogP) is 1.00. The Balaban J connectivity index is 1.59. The van der Waals surface area contributed by atoms with Crippen LogP contribution in [0.15, 0.2) is 0 Å². The number of likely N-dealkylation sites (N-methyl/N-ethyl adjacent to an activating group) is 1. The van der Waals surface area contributed by atoms with Crippen molar-refractivity contribution in [3.05, 3.63) is 10.6 Å². The number of likely N-dealkylation sites (tertiary alicyclic amines) is 1. The van der Waals surface area contributed by atoms with Gasteiger partial charge >= 0.3 is 12.1 Å². The molecule has 3 rings (SSSR count). The van der Waals surface area contributed by atoms with Crippen molar-refractivity contribution in [3.63, 3.8) is 0 Å². The molecular weight excluding hydrogens is 348 g/mol. The monoisotopic (exact) mass is 368 g/mol. The molecule has 25 heavy (non-hydrogen) atoms. The molecule has 2 aliphatic heterocycles. The Labute approximate surface area is 148 Å². The summed E-state index contributed by atoms with van der Waals surface area (Å²) in [5.74, 6) is -1.32. The first-order chi connectivity index (χ1) is 11.8. The summed E-state index contributed by atoms with van der Waals surface area (Å²) in [6.45, 7) is 3.51. The van der Waals surface area contributed by atoms with Gasteiger partial charge in [0.1, 0.15) is 10.5 Å². The van der Waals surface area contributed by atoms with E-state index in [1.807, 2.05) is 4.90 Å². The van der Waals surface area contributed by atoms with Crippen molar-refractivity contribution in [2.45, 2.75) is 25.4 Å². The van der Waals surface area contributed by atoms with Crippen LogP contribution in [0.25, 0.3) is 0 Å². The Bertz CT molecular complexity index is 721. The lowest BCUT2D eigenvalue weighted by Crippen LogP contribution is -2.52. The summed E-state index contributed by atoms with van der Waals surface area (Å²) in [6, 6.07) is 0. The Hall–Kier alpha value is -2.20. The van der Waals surface area contributed by atoms with Gasteiger partial charge in [0.2, 0.25) is 5.91 Å². The van der Waals surface area contributed by atoms with Crippen LogP contribution in [-0.2, 0) is 9.53 Å². The summed E-state index contributed by atoms with van der Waals surface area (Å²) in [6.07, 6.45) is 1.30. The molecule has 2 aliphatic rings. The van der Waals surface area contributed by atoms with Crippen molar-refractivity contribution in [1.29, 1.82) is 0 Å². The number of ether oxygens (including phenoxy) is 1. The van der Waals surface area contributed by atoms with Gasteiger partial charge < -0.3 is 20.1 Å². The smallest absolute Gasteiger partial charge is 0.410 e. The molecule has 0 aliphatic carbocycles. The molecule has 2 fully saturated rings. The molecule has 10 heteroatoms. The molecule has 1 aromatic heterocycles. The summed E-state index contributed by atoms with van der Waals surface area (Å²) >= 11 is 0.940. The standard InChI is InChI=1S/C15H20N4O5S/c1-9-11(12(21)22)25-13(16-9)17-10(20)6-19-5-3-4-15(8-19)7-18(2)14(23)24-15/h3-8H2,1-2H3,(H,21,22)(H,16,17,20)/t15-/m0/s1. The molecule has 136 valence electrons. The third-order valence-corrected chi connectivity index (χ3v) is 5.42. The number of aromatic nitrogens is 1. The molecule has 2 N–H and O–H groups in total. The maximum absolute atomic E-state index is 12.3. The third-order valence-electron chi connectivity index (χ3n) is 4.36. The number of thiazole rings is 1. The number of anilines is 1. The molecule has 1 aromatic rings. The van der Waals surface area contributed by atoms with Crippen LogP contribution >= 0.6 is 11.3 Å². The van der Waals surface area contributed by atoms with Gasteiger partial charge in [-0.15, -0.1) is 0 Å². The van der Waals surface area contributed by atoms with Crippen LogP contribution in [0, 0.1) is 6.92 Å². The number of carboxylic acid groups (broad SMARTS) is 1. The highest BCUT2D eigenvalue weighted by molar-refractivity contribution is 7.17. The second-order valence-electron chi connectivity index (χ2n) is 6.51. The van der Waals surface area contributed by atoms with Gasteiger partial charge in [-0.25, -0.2) is 14.6 Å². The largest absolute Gasteiger partial charge is 0.477 e. The Morgan fingerprint density at radius 1 is 1.44 bits per heavy atom. The molecule has 0 unspecified atom stereocenters. The van der Waals surface area contributed by atoms with Gasteiger partial charge in [0.25, 0.3) is 0 Å². The van der Waals surface area contributed by atoms with Gasteiger partial charge in [-0.05, 0) is 26.3 Å². The summed E-state index contributed by atoms with van der Waals surface area (Å²) in [7, 11) is 1.70. The lowest BCUT2D eigenvalue weighted by molar-refractivity contribution is -0.118. The van der Waals surface area contributed by atoms with Gasteiger partial charge in [0, 0.05) is 13.6 Å². The zero-order valence-electron chi connectivity index (χ0n) is 14.1. The molecule has 0 saturated carbocycles. The van der Waals surface area contributed by atoms with Gasteiger partial charge in [-0.1, -0.05) is 11.3 Å². The molecule has 1 spiro atoms. The van der Waals surface area contributed by atoms with E-state index in [1.165, 1.54) is 0 Å².